The molecule has 0 radical (unpaired) electrons. The Kier molecular flexibility index (Phi) is 7.27. The lowest BCUT2D eigenvalue weighted by Gasteiger charge is -2.20. The molecule has 1 amide bonds. The zero-order chi connectivity index (χ0) is 16.8. The van der Waals surface area contributed by atoms with Crippen molar-refractivity contribution in [2.24, 2.45) is 0 Å². The third-order valence-electron chi connectivity index (χ3n) is 3.42. The van der Waals surface area contributed by atoms with Crippen LogP contribution in [0.25, 0.3) is 0 Å². The fraction of sp³-hybridized carbons (Fsp3) is 0.611. The maximum Gasteiger partial charge on any atom is 0.261 e. The van der Waals surface area contributed by atoms with Gasteiger partial charge in [-0.1, -0.05) is 39.8 Å². The molecule has 0 spiro atoms. The number of ether oxygens (including phenoxy) is 1. The molecule has 0 aliphatic heterocycles. The predicted molar refractivity (Wildman–Crippen MR) is 95.8 cm³/mol. The Morgan fingerprint density at radius 2 is 2.00 bits per heavy atom. The van der Waals surface area contributed by atoms with Gasteiger partial charge in [0.25, 0.3) is 5.91 Å². The summed E-state index contributed by atoms with van der Waals surface area (Å²) in [5.41, 5.74) is 2.27. The molecule has 0 heterocycles. The van der Waals surface area contributed by atoms with E-state index in [0.29, 0.717) is 13.0 Å². The Morgan fingerprint density at radius 3 is 2.59 bits per heavy atom. The van der Waals surface area contributed by atoms with Crippen LogP contribution in [-0.2, 0) is 4.79 Å². The highest BCUT2D eigenvalue weighted by Gasteiger charge is 2.19. The number of hydrogen-bond acceptors (Lipinski definition) is 3. The van der Waals surface area contributed by atoms with E-state index in [2.05, 4.69) is 26.1 Å². The predicted octanol–water partition coefficient (Wildman–Crippen LogP) is 4.11. The third-order valence-corrected chi connectivity index (χ3v) is 4.70. The lowest BCUT2D eigenvalue weighted by atomic mass is 10.1. The fourth-order valence-electron chi connectivity index (χ4n) is 1.97. The molecule has 0 bridgehead atoms. The minimum Gasteiger partial charge on any atom is -0.480 e. The van der Waals surface area contributed by atoms with Crippen molar-refractivity contribution in [3.63, 3.8) is 0 Å². The molecule has 1 N–H and O–H groups in total. The van der Waals surface area contributed by atoms with Gasteiger partial charge in [-0.3, -0.25) is 4.79 Å². The fourth-order valence-corrected chi connectivity index (χ4v) is 2.79. The summed E-state index contributed by atoms with van der Waals surface area (Å²) in [6, 6.07) is 5.93. The van der Waals surface area contributed by atoms with Gasteiger partial charge in [0.1, 0.15) is 5.75 Å². The summed E-state index contributed by atoms with van der Waals surface area (Å²) in [4.78, 5) is 12.3. The van der Waals surface area contributed by atoms with E-state index < -0.39 is 6.10 Å². The Labute approximate surface area is 139 Å². The van der Waals surface area contributed by atoms with E-state index in [1.54, 1.807) is 0 Å². The lowest BCUT2D eigenvalue weighted by molar-refractivity contribution is -0.128. The number of rotatable bonds is 7. The molecule has 4 heteroatoms. The van der Waals surface area contributed by atoms with E-state index in [1.165, 1.54) is 5.56 Å². The molecule has 0 aromatic heterocycles. The van der Waals surface area contributed by atoms with Gasteiger partial charge in [-0.05, 0) is 37.5 Å². The van der Waals surface area contributed by atoms with Crippen molar-refractivity contribution in [1.29, 1.82) is 0 Å². The first-order chi connectivity index (χ1) is 10.2. The Balaban J connectivity index is 2.53. The number of amides is 1. The summed E-state index contributed by atoms with van der Waals surface area (Å²) >= 11 is 1.85. The molecule has 1 aromatic rings. The van der Waals surface area contributed by atoms with Gasteiger partial charge >= 0.3 is 0 Å². The average molecular weight is 324 g/mol. The van der Waals surface area contributed by atoms with E-state index in [1.807, 2.05) is 50.7 Å². The Hall–Kier alpha value is -1.16. The van der Waals surface area contributed by atoms with E-state index in [4.69, 9.17) is 4.74 Å². The van der Waals surface area contributed by atoms with Crippen LogP contribution in [0.2, 0.25) is 0 Å². The number of carbonyl (C=O) groups excluding carboxylic acids is 1. The van der Waals surface area contributed by atoms with Gasteiger partial charge in [-0.15, -0.1) is 0 Å². The molecule has 3 nitrogen and oxygen atoms in total. The maximum atomic E-state index is 12.3. The van der Waals surface area contributed by atoms with Crippen LogP contribution in [-0.4, -0.2) is 29.1 Å². The molecule has 1 atom stereocenters. The zero-order valence-corrected chi connectivity index (χ0v) is 15.5. The summed E-state index contributed by atoms with van der Waals surface area (Å²) in [5, 5.41) is 2.98. The van der Waals surface area contributed by atoms with Gasteiger partial charge < -0.3 is 10.1 Å². The monoisotopic (exact) mass is 323 g/mol. The molecule has 124 valence electrons. The van der Waals surface area contributed by atoms with Crippen molar-refractivity contribution >= 4 is 17.7 Å². The largest absolute Gasteiger partial charge is 0.480 e. The van der Waals surface area contributed by atoms with Gasteiger partial charge in [0.2, 0.25) is 0 Å². The van der Waals surface area contributed by atoms with Gasteiger partial charge in [-0.2, -0.15) is 11.8 Å². The van der Waals surface area contributed by atoms with Crippen LogP contribution in [0.15, 0.2) is 18.2 Å². The van der Waals surface area contributed by atoms with Crippen LogP contribution >= 0.6 is 11.8 Å². The molecule has 0 fully saturated rings. The molecule has 0 unspecified atom stereocenters. The second-order valence-corrected chi connectivity index (χ2v) is 8.39. The Morgan fingerprint density at radius 1 is 1.32 bits per heavy atom. The van der Waals surface area contributed by atoms with Crippen molar-refractivity contribution in [2.75, 3.05) is 12.3 Å². The summed E-state index contributed by atoms with van der Waals surface area (Å²) in [6.07, 6.45) is 0.228. The highest BCUT2D eigenvalue weighted by molar-refractivity contribution is 8.00. The standard InChI is InChI=1S/C18H29NO2S/c1-7-15(17(20)19-11-12-22-18(4,5)6)21-16-10-8-9-13(2)14(16)3/h8-10,15H,7,11-12H2,1-6H3,(H,19,20)/t15-/m0/s1. The quantitative estimate of drug-likeness (QED) is 0.768. The first-order valence-electron chi connectivity index (χ1n) is 7.89. The van der Waals surface area contributed by atoms with Crippen LogP contribution < -0.4 is 10.1 Å². The van der Waals surface area contributed by atoms with Gasteiger partial charge in [0, 0.05) is 17.0 Å². The summed E-state index contributed by atoms with van der Waals surface area (Å²) in [6.45, 7) is 13.3. The number of aryl methyl sites for hydroxylation is 1. The third kappa shape index (κ3) is 6.30. The topological polar surface area (TPSA) is 38.3 Å². The van der Waals surface area contributed by atoms with E-state index in [9.17, 15) is 4.79 Å². The zero-order valence-electron chi connectivity index (χ0n) is 14.7. The normalized spacial score (nSPS) is 12.8. The van der Waals surface area contributed by atoms with Crippen LogP contribution in [0.5, 0.6) is 5.75 Å². The van der Waals surface area contributed by atoms with E-state index >= 15 is 0 Å². The van der Waals surface area contributed by atoms with Gasteiger partial charge in [-0.25, -0.2) is 0 Å². The van der Waals surface area contributed by atoms with E-state index in [-0.39, 0.29) is 10.7 Å². The van der Waals surface area contributed by atoms with Crippen LogP contribution in [0.4, 0.5) is 0 Å². The smallest absolute Gasteiger partial charge is 0.261 e. The molecular formula is C18H29NO2S. The number of benzene rings is 1. The first-order valence-corrected chi connectivity index (χ1v) is 8.87. The minimum atomic E-state index is -0.430. The summed E-state index contributed by atoms with van der Waals surface area (Å²) in [5.74, 6) is 1.68. The van der Waals surface area contributed by atoms with Gasteiger partial charge in [0.05, 0.1) is 0 Å². The maximum absolute atomic E-state index is 12.3. The van der Waals surface area contributed by atoms with Crippen LogP contribution in [0.3, 0.4) is 0 Å². The number of hydrogen-bond donors (Lipinski definition) is 1. The molecular weight excluding hydrogens is 294 g/mol. The number of carbonyl (C=O) groups is 1. The molecule has 0 saturated carbocycles. The molecule has 0 aliphatic rings. The SMILES string of the molecule is CC[C@H](Oc1cccc(C)c1C)C(=O)NCCSC(C)(C)C. The second-order valence-electron chi connectivity index (χ2n) is 6.46. The molecule has 1 aromatic carbocycles. The van der Waals surface area contributed by atoms with Crippen molar-refractivity contribution in [1.82, 2.24) is 5.32 Å². The lowest BCUT2D eigenvalue weighted by Crippen LogP contribution is -2.39. The highest BCUT2D eigenvalue weighted by Crippen LogP contribution is 2.23. The van der Waals surface area contributed by atoms with Crippen molar-refractivity contribution in [3.8, 4) is 5.75 Å². The molecule has 1 rings (SSSR count). The Bertz CT molecular complexity index is 494. The van der Waals surface area contributed by atoms with E-state index in [0.717, 1.165) is 17.1 Å². The highest BCUT2D eigenvalue weighted by atomic mass is 32.2. The number of nitrogens with one attached hydrogen (secondary N) is 1. The molecule has 22 heavy (non-hydrogen) atoms. The molecule has 0 aliphatic carbocycles. The number of thioether (sulfide) groups is 1. The van der Waals surface area contributed by atoms with Crippen molar-refractivity contribution in [3.05, 3.63) is 29.3 Å². The van der Waals surface area contributed by atoms with Gasteiger partial charge in [0.15, 0.2) is 6.10 Å². The summed E-state index contributed by atoms with van der Waals surface area (Å²) in [7, 11) is 0. The first kappa shape index (κ1) is 18.9. The van der Waals surface area contributed by atoms with Crippen LogP contribution in [0, 0.1) is 13.8 Å². The average Bonchev–Trinajstić information content (AvgIpc) is 2.44. The summed E-state index contributed by atoms with van der Waals surface area (Å²) < 4.78 is 6.14. The minimum absolute atomic E-state index is 0.0297. The van der Waals surface area contributed by atoms with Crippen molar-refractivity contribution < 1.29 is 9.53 Å². The molecule has 0 saturated heterocycles. The van der Waals surface area contributed by atoms with Crippen LogP contribution in [0.1, 0.15) is 45.2 Å². The second kappa shape index (κ2) is 8.47. The van der Waals surface area contributed by atoms with Crippen molar-refractivity contribution in [2.45, 2.75) is 58.8 Å².